The van der Waals surface area contributed by atoms with Gasteiger partial charge in [0, 0.05) is 12.1 Å². The molecule has 2 N–H and O–H groups in total. The summed E-state index contributed by atoms with van der Waals surface area (Å²) < 4.78 is 28.1. The van der Waals surface area contributed by atoms with Gasteiger partial charge in [0.25, 0.3) is 5.91 Å². The van der Waals surface area contributed by atoms with E-state index < -0.39 is 24.4 Å². The van der Waals surface area contributed by atoms with Crippen LogP contribution in [0.25, 0.3) is 0 Å². The molecule has 0 saturated carbocycles. The third kappa shape index (κ3) is 5.76. The lowest BCUT2D eigenvalue weighted by molar-refractivity contribution is -0.141. The fourth-order valence-corrected chi connectivity index (χ4v) is 1.77. The molecule has 0 aliphatic rings. The number of ether oxygens (including phenoxy) is 1. The van der Waals surface area contributed by atoms with Gasteiger partial charge in [-0.05, 0) is 30.7 Å². The third-order valence-corrected chi connectivity index (χ3v) is 2.84. The van der Waals surface area contributed by atoms with Crippen molar-refractivity contribution in [2.45, 2.75) is 26.4 Å². The summed E-state index contributed by atoms with van der Waals surface area (Å²) >= 11 is 0. The molecule has 0 fully saturated rings. The van der Waals surface area contributed by atoms with Crippen molar-refractivity contribution in [1.82, 2.24) is 5.32 Å². The van der Waals surface area contributed by atoms with Crippen molar-refractivity contribution in [2.75, 3.05) is 6.54 Å². The van der Waals surface area contributed by atoms with E-state index >= 15 is 0 Å². The minimum absolute atomic E-state index is 0.0251. The van der Waals surface area contributed by atoms with Crippen molar-refractivity contribution in [3.8, 4) is 5.75 Å². The number of halogens is 2. The molecular weight excluding hydrogens is 284 g/mol. The molecule has 5 nitrogen and oxygen atoms in total. The predicted octanol–water partition coefficient (Wildman–Crippen LogP) is 2.52. The Kier molecular flexibility index (Phi) is 6.58. The summed E-state index contributed by atoms with van der Waals surface area (Å²) in [6, 6.07) is 5.18. The second-order valence-corrected chi connectivity index (χ2v) is 4.44. The van der Waals surface area contributed by atoms with E-state index in [1.54, 1.807) is 0 Å². The highest BCUT2D eigenvalue weighted by atomic mass is 19.3. The van der Waals surface area contributed by atoms with Crippen LogP contribution in [0.15, 0.2) is 24.3 Å². The molecule has 0 aliphatic carbocycles. The summed E-state index contributed by atoms with van der Waals surface area (Å²) in [5.74, 6) is -2.10. The largest absolute Gasteiger partial charge is 0.481 e. The smallest absolute Gasteiger partial charge is 0.387 e. The average Bonchev–Trinajstić information content (AvgIpc) is 2.43. The quantitative estimate of drug-likeness (QED) is 0.773. The number of aliphatic carboxylic acids is 1. The second kappa shape index (κ2) is 8.18. The van der Waals surface area contributed by atoms with Crippen LogP contribution >= 0.6 is 0 Å². The van der Waals surface area contributed by atoms with Crippen LogP contribution in [-0.2, 0) is 4.79 Å². The van der Waals surface area contributed by atoms with Crippen LogP contribution in [0, 0.1) is 5.92 Å². The fraction of sp³-hybridized carbons (Fsp3) is 0.429. The first-order valence-electron chi connectivity index (χ1n) is 6.50. The topological polar surface area (TPSA) is 75.6 Å². The van der Waals surface area contributed by atoms with Crippen molar-refractivity contribution in [3.05, 3.63) is 29.8 Å². The highest BCUT2D eigenvalue weighted by molar-refractivity contribution is 5.94. The Labute approximate surface area is 120 Å². The fourth-order valence-electron chi connectivity index (χ4n) is 1.77. The van der Waals surface area contributed by atoms with Gasteiger partial charge in [-0.25, -0.2) is 0 Å². The SMILES string of the molecule is CCCC(CNC(=O)c1ccc(OC(F)F)cc1)C(=O)O. The number of carbonyl (C=O) groups is 2. The van der Waals surface area contributed by atoms with Crippen LogP contribution in [0.3, 0.4) is 0 Å². The Balaban J connectivity index is 2.57. The van der Waals surface area contributed by atoms with Crippen molar-refractivity contribution >= 4 is 11.9 Å². The van der Waals surface area contributed by atoms with Gasteiger partial charge < -0.3 is 15.2 Å². The number of amides is 1. The number of benzene rings is 1. The predicted molar refractivity (Wildman–Crippen MR) is 71.4 cm³/mol. The van der Waals surface area contributed by atoms with E-state index in [0.29, 0.717) is 12.8 Å². The number of nitrogens with one attached hydrogen (secondary N) is 1. The first-order chi connectivity index (χ1) is 9.93. The lowest BCUT2D eigenvalue weighted by atomic mass is 10.0. The number of hydrogen-bond donors (Lipinski definition) is 2. The molecule has 1 aromatic rings. The molecule has 1 atom stereocenters. The van der Waals surface area contributed by atoms with E-state index in [-0.39, 0.29) is 17.9 Å². The Hall–Kier alpha value is -2.18. The van der Waals surface area contributed by atoms with E-state index in [9.17, 15) is 18.4 Å². The molecule has 21 heavy (non-hydrogen) atoms. The van der Waals surface area contributed by atoms with Gasteiger partial charge in [-0.3, -0.25) is 9.59 Å². The molecule has 116 valence electrons. The molecule has 0 aromatic heterocycles. The van der Waals surface area contributed by atoms with Crippen molar-refractivity contribution in [2.24, 2.45) is 5.92 Å². The zero-order valence-electron chi connectivity index (χ0n) is 11.5. The van der Waals surface area contributed by atoms with Gasteiger partial charge in [-0.2, -0.15) is 8.78 Å². The van der Waals surface area contributed by atoms with Gasteiger partial charge in [-0.1, -0.05) is 13.3 Å². The Morgan fingerprint density at radius 2 is 1.90 bits per heavy atom. The normalized spacial score (nSPS) is 12.0. The molecule has 7 heteroatoms. The summed E-state index contributed by atoms with van der Waals surface area (Å²) in [7, 11) is 0. The van der Waals surface area contributed by atoms with E-state index in [1.165, 1.54) is 24.3 Å². The number of carboxylic acids is 1. The molecule has 1 rings (SSSR count). The van der Waals surface area contributed by atoms with E-state index in [2.05, 4.69) is 10.1 Å². The van der Waals surface area contributed by atoms with Crippen molar-refractivity contribution in [1.29, 1.82) is 0 Å². The van der Waals surface area contributed by atoms with E-state index in [4.69, 9.17) is 5.11 Å². The van der Waals surface area contributed by atoms with Crippen molar-refractivity contribution in [3.63, 3.8) is 0 Å². The van der Waals surface area contributed by atoms with Gasteiger partial charge in [0.05, 0.1) is 5.92 Å². The molecule has 1 unspecified atom stereocenters. The molecule has 0 saturated heterocycles. The molecule has 1 aromatic carbocycles. The first-order valence-corrected chi connectivity index (χ1v) is 6.50. The van der Waals surface area contributed by atoms with Gasteiger partial charge in [0.15, 0.2) is 0 Å². The number of hydrogen-bond acceptors (Lipinski definition) is 3. The van der Waals surface area contributed by atoms with Crippen LogP contribution in [-0.4, -0.2) is 30.1 Å². The van der Waals surface area contributed by atoms with Crippen LogP contribution in [0.1, 0.15) is 30.1 Å². The van der Waals surface area contributed by atoms with Crippen LogP contribution in [0.2, 0.25) is 0 Å². The molecule has 0 bridgehead atoms. The molecule has 1 amide bonds. The van der Waals surface area contributed by atoms with Crippen LogP contribution in [0.4, 0.5) is 8.78 Å². The molecule has 0 heterocycles. The highest BCUT2D eigenvalue weighted by Crippen LogP contribution is 2.15. The lowest BCUT2D eigenvalue weighted by Crippen LogP contribution is -2.32. The van der Waals surface area contributed by atoms with Gasteiger partial charge in [0.2, 0.25) is 0 Å². The summed E-state index contributed by atoms with van der Waals surface area (Å²) in [5.41, 5.74) is 0.247. The maximum absolute atomic E-state index is 12.0. The lowest BCUT2D eigenvalue weighted by Gasteiger charge is -2.12. The zero-order valence-corrected chi connectivity index (χ0v) is 11.5. The standard InChI is InChI=1S/C14H17F2NO4/c1-2-3-10(13(19)20)8-17-12(18)9-4-6-11(7-5-9)21-14(15)16/h4-7,10,14H,2-3,8H2,1H3,(H,17,18)(H,19,20). The number of alkyl halides is 2. The molecule has 0 radical (unpaired) electrons. The minimum atomic E-state index is -2.92. The summed E-state index contributed by atoms with van der Waals surface area (Å²) in [5, 5.41) is 11.5. The number of carboxylic acid groups (broad SMARTS) is 1. The molecule has 0 aliphatic heterocycles. The zero-order chi connectivity index (χ0) is 15.8. The van der Waals surface area contributed by atoms with Gasteiger partial charge >= 0.3 is 12.6 Å². The Bertz CT molecular complexity index is 476. The number of carbonyl (C=O) groups excluding carboxylic acids is 1. The second-order valence-electron chi connectivity index (χ2n) is 4.44. The third-order valence-electron chi connectivity index (χ3n) is 2.84. The summed E-state index contributed by atoms with van der Waals surface area (Å²) in [4.78, 5) is 22.8. The minimum Gasteiger partial charge on any atom is -0.481 e. The monoisotopic (exact) mass is 301 g/mol. The Morgan fingerprint density at radius 1 is 1.29 bits per heavy atom. The van der Waals surface area contributed by atoms with Crippen LogP contribution < -0.4 is 10.1 Å². The average molecular weight is 301 g/mol. The molecule has 0 spiro atoms. The maximum Gasteiger partial charge on any atom is 0.387 e. The van der Waals surface area contributed by atoms with Crippen molar-refractivity contribution < 1.29 is 28.2 Å². The van der Waals surface area contributed by atoms with Crippen LogP contribution in [0.5, 0.6) is 5.75 Å². The number of rotatable bonds is 8. The van der Waals surface area contributed by atoms with Gasteiger partial charge in [0.1, 0.15) is 5.75 Å². The Morgan fingerprint density at radius 3 is 2.38 bits per heavy atom. The summed E-state index contributed by atoms with van der Waals surface area (Å²) in [6.07, 6.45) is 1.17. The van der Waals surface area contributed by atoms with E-state index in [1.807, 2.05) is 6.92 Å². The highest BCUT2D eigenvalue weighted by Gasteiger charge is 2.17. The maximum atomic E-state index is 12.0. The molecular formula is C14H17F2NO4. The van der Waals surface area contributed by atoms with E-state index in [0.717, 1.165) is 0 Å². The summed E-state index contributed by atoms with van der Waals surface area (Å²) in [6.45, 7) is -1.04. The van der Waals surface area contributed by atoms with Gasteiger partial charge in [-0.15, -0.1) is 0 Å². The first kappa shape index (κ1) is 16.9.